The third-order valence-corrected chi connectivity index (χ3v) is 6.00. The van der Waals surface area contributed by atoms with Crippen molar-refractivity contribution in [1.82, 2.24) is 5.32 Å². The van der Waals surface area contributed by atoms with Crippen LogP contribution in [0.5, 0.6) is 0 Å². The Balaban J connectivity index is 3.93. The topological polar surface area (TPSA) is 131 Å². The van der Waals surface area contributed by atoms with Gasteiger partial charge in [0, 0.05) is 13.0 Å². The number of hydrogen-bond acceptors (Lipinski definition) is 7. The molecule has 0 aromatic carbocycles. The van der Waals surface area contributed by atoms with Crippen LogP contribution in [0.2, 0.25) is 0 Å². The average molecular weight is 510 g/mol. The number of phosphoric ester groups is 1. The highest BCUT2D eigenvalue weighted by Gasteiger charge is 2.21. The van der Waals surface area contributed by atoms with Gasteiger partial charge in [0.1, 0.15) is 6.10 Å². The van der Waals surface area contributed by atoms with Gasteiger partial charge in [0.05, 0.1) is 13.2 Å². The quantitative estimate of drug-likeness (QED) is 0.0635. The van der Waals surface area contributed by atoms with E-state index in [9.17, 15) is 14.2 Å². The molecule has 0 aliphatic rings. The predicted molar refractivity (Wildman–Crippen MR) is 132 cm³/mol. The van der Waals surface area contributed by atoms with Gasteiger partial charge in [-0.3, -0.25) is 14.1 Å². The standard InChI is InChI=1S/C24H48NO8P/c1-2-3-4-5-6-8-11-14-17-24(27)33-23(21-32-34(28,29)30)20-25-18-15-12-9-7-10-13-16-19-31-22-26/h22-23,25H,2-21H2,1H3,(H2,28,29,30)/t23-/m0/s1. The van der Waals surface area contributed by atoms with Crippen molar-refractivity contribution in [2.45, 2.75) is 116 Å². The lowest BCUT2D eigenvalue weighted by Crippen LogP contribution is -2.35. The summed E-state index contributed by atoms with van der Waals surface area (Å²) in [5.41, 5.74) is 0. The number of phosphoric acid groups is 1. The second-order valence-electron chi connectivity index (χ2n) is 8.77. The van der Waals surface area contributed by atoms with E-state index in [1.54, 1.807) is 0 Å². The van der Waals surface area contributed by atoms with Crippen molar-refractivity contribution in [1.29, 1.82) is 0 Å². The number of carbonyl (C=O) groups excluding carboxylic acids is 2. The summed E-state index contributed by atoms with van der Waals surface area (Å²) in [7, 11) is -4.62. The molecule has 0 unspecified atom stereocenters. The molecule has 3 N–H and O–H groups in total. The summed E-state index contributed by atoms with van der Waals surface area (Å²) in [5, 5.41) is 3.19. The molecule has 9 nitrogen and oxygen atoms in total. The highest BCUT2D eigenvalue weighted by Crippen LogP contribution is 2.35. The maximum Gasteiger partial charge on any atom is 0.469 e. The van der Waals surface area contributed by atoms with Crippen LogP contribution < -0.4 is 5.32 Å². The number of rotatable bonds is 26. The fraction of sp³-hybridized carbons (Fsp3) is 0.917. The molecule has 34 heavy (non-hydrogen) atoms. The lowest BCUT2D eigenvalue weighted by Gasteiger charge is -2.19. The molecular formula is C24H48NO8P. The monoisotopic (exact) mass is 509 g/mol. The van der Waals surface area contributed by atoms with Gasteiger partial charge < -0.3 is 24.6 Å². The van der Waals surface area contributed by atoms with Crippen LogP contribution in [0.15, 0.2) is 0 Å². The summed E-state index contributed by atoms with van der Waals surface area (Å²) >= 11 is 0. The van der Waals surface area contributed by atoms with Crippen LogP contribution in [0.25, 0.3) is 0 Å². The van der Waals surface area contributed by atoms with E-state index in [0.717, 1.165) is 70.8 Å². The first-order chi connectivity index (χ1) is 16.4. The SMILES string of the molecule is CCCCCCCCCCC(=O)O[C@@H](CNCCCCCCCCCOC=O)COP(=O)(O)O. The minimum absolute atomic E-state index is 0.292. The van der Waals surface area contributed by atoms with Crippen LogP contribution in [0.3, 0.4) is 0 Å². The molecule has 0 aliphatic carbocycles. The Morgan fingerprint density at radius 3 is 2.03 bits per heavy atom. The van der Waals surface area contributed by atoms with Gasteiger partial charge in [0.2, 0.25) is 0 Å². The van der Waals surface area contributed by atoms with Gasteiger partial charge in [-0.05, 0) is 25.8 Å². The fourth-order valence-corrected chi connectivity index (χ4v) is 3.95. The largest absolute Gasteiger partial charge is 0.469 e. The van der Waals surface area contributed by atoms with Gasteiger partial charge in [0.15, 0.2) is 0 Å². The van der Waals surface area contributed by atoms with Crippen molar-refractivity contribution >= 4 is 20.3 Å². The lowest BCUT2D eigenvalue weighted by atomic mass is 10.1. The zero-order valence-electron chi connectivity index (χ0n) is 21.1. The number of esters is 1. The van der Waals surface area contributed by atoms with Crippen molar-refractivity contribution in [2.24, 2.45) is 0 Å². The molecule has 10 heteroatoms. The first kappa shape index (κ1) is 33.0. The van der Waals surface area contributed by atoms with E-state index in [2.05, 4.69) is 21.5 Å². The van der Waals surface area contributed by atoms with Gasteiger partial charge in [-0.15, -0.1) is 0 Å². The maximum atomic E-state index is 12.1. The van der Waals surface area contributed by atoms with E-state index in [1.165, 1.54) is 32.1 Å². The predicted octanol–water partition coefficient (Wildman–Crippen LogP) is 5.03. The first-order valence-electron chi connectivity index (χ1n) is 13.0. The van der Waals surface area contributed by atoms with Crippen LogP contribution in [0, 0.1) is 0 Å². The van der Waals surface area contributed by atoms with E-state index < -0.39 is 13.9 Å². The van der Waals surface area contributed by atoms with Gasteiger partial charge in [-0.2, -0.15) is 0 Å². The summed E-state index contributed by atoms with van der Waals surface area (Å²) in [5.74, 6) is -0.356. The molecule has 0 saturated carbocycles. The second-order valence-corrected chi connectivity index (χ2v) is 10.0. The third kappa shape index (κ3) is 25.6. The molecule has 0 amide bonds. The van der Waals surface area contributed by atoms with Crippen molar-refractivity contribution in [3.05, 3.63) is 0 Å². The molecule has 0 rings (SSSR count). The number of nitrogens with one attached hydrogen (secondary N) is 1. The zero-order valence-corrected chi connectivity index (χ0v) is 22.0. The average Bonchev–Trinajstić information content (AvgIpc) is 2.79. The number of ether oxygens (including phenoxy) is 2. The lowest BCUT2D eigenvalue weighted by molar-refractivity contribution is -0.150. The van der Waals surface area contributed by atoms with Crippen molar-refractivity contribution < 1.29 is 37.9 Å². The number of carbonyl (C=O) groups is 2. The molecule has 0 fully saturated rings. The molecule has 0 aromatic rings. The highest BCUT2D eigenvalue weighted by molar-refractivity contribution is 7.46. The molecule has 0 aliphatic heterocycles. The highest BCUT2D eigenvalue weighted by atomic mass is 31.2. The molecule has 0 heterocycles. The summed E-state index contributed by atoms with van der Waals surface area (Å²) in [6.45, 7) is 3.85. The third-order valence-electron chi connectivity index (χ3n) is 5.52. The van der Waals surface area contributed by atoms with Gasteiger partial charge in [-0.25, -0.2) is 4.57 Å². The Bertz CT molecular complexity index is 529. The molecule has 0 radical (unpaired) electrons. The van der Waals surface area contributed by atoms with Crippen LogP contribution in [-0.4, -0.2) is 54.6 Å². The molecular weight excluding hydrogens is 461 g/mol. The Morgan fingerprint density at radius 2 is 1.44 bits per heavy atom. The van der Waals surface area contributed by atoms with Crippen molar-refractivity contribution in [2.75, 3.05) is 26.3 Å². The summed E-state index contributed by atoms with van der Waals surface area (Å²) in [6, 6.07) is 0. The van der Waals surface area contributed by atoms with Gasteiger partial charge in [0.25, 0.3) is 6.47 Å². The van der Waals surface area contributed by atoms with Crippen LogP contribution in [0.1, 0.15) is 110 Å². The molecule has 1 atom stereocenters. The van der Waals surface area contributed by atoms with Crippen LogP contribution in [-0.2, 0) is 28.2 Å². The number of hydrogen-bond donors (Lipinski definition) is 3. The Kier molecular flexibility index (Phi) is 23.0. The number of unbranched alkanes of at least 4 members (excludes halogenated alkanes) is 13. The first-order valence-corrected chi connectivity index (χ1v) is 14.6. The summed E-state index contributed by atoms with van der Waals surface area (Å²) in [6.07, 6.45) is 16.0. The molecule has 0 spiro atoms. The van der Waals surface area contributed by atoms with Crippen molar-refractivity contribution in [3.8, 4) is 0 Å². The normalized spacial score (nSPS) is 12.4. The minimum Gasteiger partial charge on any atom is -0.468 e. The molecule has 202 valence electrons. The molecule has 0 aromatic heterocycles. The van der Waals surface area contributed by atoms with Crippen LogP contribution in [0.4, 0.5) is 0 Å². The maximum absolute atomic E-state index is 12.1. The fourth-order valence-electron chi connectivity index (χ4n) is 3.59. The van der Waals surface area contributed by atoms with Crippen LogP contribution >= 0.6 is 7.82 Å². The Morgan fingerprint density at radius 1 is 0.882 bits per heavy atom. The summed E-state index contributed by atoms with van der Waals surface area (Å²) < 4.78 is 25.6. The minimum atomic E-state index is -4.62. The Labute approximate surface area is 205 Å². The second kappa shape index (κ2) is 23.7. The van der Waals surface area contributed by atoms with E-state index in [4.69, 9.17) is 14.5 Å². The van der Waals surface area contributed by atoms with E-state index in [1.807, 2.05) is 0 Å². The Hall–Kier alpha value is -0.990. The zero-order chi connectivity index (χ0) is 25.3. The van der Waals surface area contributed by atoms with Gasteiger partial charge >= 0.3 is 13.8 Å². The van der Waals surface area contributed by atoms with Crippen molar-refractivity contribution in [3.63, 3.8) is 0 Å². The molecule has 0 bridgehead atoms. The molecule has 0 saturated heterocycles. The summed E-state index contributed by atoms with van der Waals surface area (Å²) in [4.78, 5) is 40.1. The van der Waals surface area contributed by atoms with Gasteiger partial charge in [-0.1, -0.05) is 84.0 Å². The van der Waals surface area contributed by atoms with E-state index in [0.29, 0.717) is 26.0 Å². The van der Waals surface area contributed by atoms with E-state index in [-0.39, 0.29) is 12.6 Å². The van der Waals surface area contributed by atoms with E-state index >= 15 is 0 Å². The smallest absolute Gasteiger partial charge is 0.468 e.